The molecule has 0 amide bonds. The van der Waals surface area contributed by atoms with Crippen LogP contribution in [0.3, 0.4) is 0 Å². The molecule has 0 nitrogen and oxygen atoms in total. The molecule has 2 aromatic carbocycles. The van der Waals surface area contributed by atoms with E-state index in [1.165, 1.54) is 23.5 Å². The van der Waals surface area contributed by atoms with Gasteiger partial charge < -0.3 is 0 Å². The van der Waals surface area contributed by atoms with Gasteiger partial charge in [0.25, 0.3) is 0 Å². The first kappa shape index (κ1) is 13.6. The molecule has 20 heavy (non-hydrogen) atoms. The number of hydrogen-bond acceptors (Lipinski definition) is 0. The third-order valence-electron chi connectivity index (χ3n) is 4.07. The molecule has 2 atom stereocenters. The molecule has 0 spiro atoms. The molecule has 0 heterocycles. The van der Waals surface area contributed by atoms with Crippen molar-refractivity contribution in [1.82, 2.24) is 0 Å². The predicted octanol–water partition coefficient (Wildman–Crippen LogP) is 4.47. The van der Waals surface area contributed by atoms with E-state index in [2.05, 4.69) is 79.7 Å². The minimum atomic E-state index is -0.271. The van der Waals surface area contributed by atoms with Gasteiger partial charge in [-0.15, -0.1) is 0 Å². The maximum Gasteiger partial charge on any atom is 0.00563 e. The van der Waals surface area contributed by atoms with Crippen LogP contribution in [-0.4, -0.2) is 5.66 Å². The molecule has 0 bridgehead atoms. The van der Waals surface area contributed by atoms with Gasteiger partial charge in [-0.25, -0.2) is 0 Å². The van der Waals surface area contributed by atoms with Gasteiger partial charge in [0.2, 0.25) is 0 Å². The molecule has 1 aliphatic rings. The van der Waals surface area contributed by atoms with E-state index in [0.29, 0.717) is 5.66 Å². The summed E-state index contributed by atoms with van der Waals surface area (Å²) in [7, 11) is -0.271. The van der Waals surface area contributed by atoms with E-state index in [9.17, 15) is 0 Å². The molecule has 0 saturated carbocycles. The Labute approximate surface area is 123 Å². The van der Waals surface area contributed by atoms with Gasteiger partial charge in [-0.1, -0.05) is 79.7 Å². The lowest BCUT2D eigenvalue weighted by atomic mass is 10.1. The topological polar surface area (TPSA) is 0 Å². The van der Waals surface area contributed by atoms with Crippen LogP contribution in [0.25, 0.3) is 0 Å². The fourth-order valence-electron chi connectivity index (χ4n) is 2.96. The molecule has 0 saturated heterocycles. The first-order chi connectivity index (χ1) is 9.88. The molecule has 0 radical (unpaired) electrons. The lowest BCUT2D eigenvalue weighted by Gasteiger charge is -2.25. The van der Waals surface area contributed by atoms with E-state index in [-0.39, 0.29) is 7.92 Å². The standard InChI is InChI=1S/C19H21P/c1-2-16-13-14-19(15-16)20(17-9-5-3-6-10-17)18-11-7-4-8-12-18/h3-14,16,19H,2,15H2,1H3. The van der Waals surface area contributed by atoms with Crippen LogP contribution in [0.1, 0.15) is 19.8 Å². The Morgan fingerprint density at radius 2 is 1.40 bits per heavy atom. The molecule has 2 aromatic rings. The van der Waals surface area contributed by atoms with E-state index >= 15 is 0 Å². The highest BCUT2D eigenvalue weighted by Crippen LogP contribution is 2.46. The van der Waals surface area contributed by atoms with Crippen LogP contribution in [0.15, 0.2) is 72.8 Å². The van der Waals surface area contributed by atoms with Crippen molar-refractivity contribution in [3.05, 3.63) is 72.8 Å². The molecule has 3 rings (SSSR count). The highest BCUT2D eigenvalue weighted by atomic mass is 31.1. The average molecular weight is 280 g/mol. The summed E-state index contributed by atoms with van der Waals surface area (Å²) < 4.78 is 0. The van der Waals surface area contributed by atoms with Gasteiger partial charge in [0.1, 0.15) is 0 Å². The van der Waals surface area contributed by atoms with E-state index in [1.807, 2.05) is 0 Å². The van der Waals surface area contributed by atoms with Gasteiger partial charge in [-0.05, 0) is 37.3 Å². The van der Waals surface area contributed by atoms with Gasteiger partial charge >= 0.3 is 0 Å². The van der Waals surface area contributed by atoms with E-state index in [0.717, 1.165) is 5.92 Å². The summed E-state index contributed by atoms with van der Waals surface area (Å²) in [5.74, 6) is 0.775. The average Bonchev–Trinajstić information content (AvgIpc) is 2.98. The second-order valence-corrected chi connectivity index (χ2v) is 7.83. The molecule has 0 aliphatic heterocycles. The molecular weight excluding hydrogens is 259 g/mol. The molecule has 2 unspecified atom stereocenters. The Hall–Kier alpha value is -1.39. The second kappa shape index (κ2) is 6.37. The van der Waals surface area contributed by atoms with Crippen molar-refractivity contribution >= 4 is 18.5 Å². The Bertz CT molecular complexity index is 519. The van der Waals surface area contributed by atoms with Gasteiger partial charge in [0.05, 0.1) is 0 Å². The number of hydrogen-bond donors (Lipinski definition) is 0. The van der Waals surface area contributed by atoms with Crippen molar-refractivity contribution in [3.8, 4) is 0 Å². The summed E-state index contributed by atoms with van der Waals surface area (Å²) in [4.78, 5) is 0. The number of rotatable bonds is 4. The summed E-state index contributed by atoms with van der Waals surface area (Å²) >= 11 is 0. The zero-order valence-corrected chi connectivity index (χ0v) is 12.8. The van der Waals surface area contributed by atoms with Crippen LogP contribution in [0, 0.1) is 5.92 Å². The summed E-state index contributed by atoms with van der Waals surface area (Å²) in [5, 5.41) is 3.00. The maximum atomic E-state index is 2.47. The molecule has 0 aromatic heterocycles. The van der Waals surface area contributed by atoms with Crippen molar-refractivity contribution in [1.29, 1.82) is 0 Å². The molecule has 102 valence electrons. The Balaban J connectivity index is 1.95. The van der Waals surface area contributed by atoms with Crippen LogP contribution in [0.2, 0.25) is 0 Å². The second-order valence-electron chi connectivity index (χ2n) is 5.40. The summed E-state index contributed by atoms with van der Waals surface area (Å²) in [5.41, 5.74) is 0.694. The molecule has 1 aliphatic carbocycles. The van der Waals surface area contributed by atoms with Crippen molar-refractivity contribution in [2.24, 2.45) is 5.92 Å². The van der Waals surface area contributed by atoms with Crippen LogP contribution in [0.4, 0.5) is 0 Å². The lowest BCUT2D eigenvalue weighted by molar-refractivity contribution is 0.616. The quantitative estimate of drug-likeness (QED) is 0.572. The monoisotopic (exact) mass is 280 g/mol. The van der Waals surface area contributed by atoms with E-state index in [1.54, 1.807) is 0 Å². The Morgan fingerprint density at radius 1 is 0.850 bits per heavy atom. The lowest BCUT2D eigenvalue weighted by Crippen LogP contribution is -2.19. The van der Waals surface area contributed by atoms with Crippen molar-refractivity contribution < 1.29 is 0 Å². The smallest absolute Gasteiger partial charge is 0.00563 e. The highest BCUT2D eigenvalue weighted by molar-refractivity contribution is 7.73. The number of allylic oxidation sites excluding steroid dienone is 2. The molecule has 0 N–H and O–H groups in total. The summed E-state index contributed by atoms with van der Waals surface area (Å²) in [6.07, 6.45) is 7.48. The van der Waals surface area contributed by atoms with Crippen molar-refractivity contribution in [2.45, 2.75) is 25.4 Å². The molecule has 0 fully saturated rings. The van der Waals surface area contributed by atoms with Gasteiger partial charge in [0, 0.05) is 5.66 Å². The number of benzene rings is 2. The first-order valence-electron chi connectivity index (χ1n) is 7.46. The minimum Gasteiger partial charge on any atom is -0.0847 e. The third-order valence-corrected chi connectivity index (χ3v) is 6.83. The minimum absolute atomic E-state index is 0.271. The van der Waals surface area contributed by atoms with Gasteiger partial charge in [-0.3, -0.25) is 0 Å². The van der Waals surface area contributed by atoms with Crippen molar-refractivity contribution in [2.75, 3.05) is 0 Å². The van der Waals surface area contributed by atoms with Gasteiger partial charge in [-0.2, -0.15) is 0 Å². The fraction of sp³-hybridized carbons (Fsp3) is 0.263. The van der Waals surface area contributed by atoms with E-state index < -0.39 is 0 Å². The normalized spacial score (nSPS) is 21.5. The maximum absolute atomic E-state index is 2.47. The SMILES string of the molecule is CCC1C=CC(P(c2ccccc2)c2ccccc2)C1. The fourth-order valence-corrected chi connectivity index (χ4v) is 5.76. The zero-order chi connectivity index (χ0) is 13.8. The van der Waals surface area contributed by atoms with Crippen LogP contribution in [0.5, 0.6) is 0 Å². The largest absolute Gasteiger partial charge is 0.0847 e. The van der Waals surface area contributed by atoms with Gasteiger partial charge in [0.15, 0.2) is 0 Å². The zero-order valence-electron chi connectivity index (χ0n) is 11.9. The van der Waals surface area contributed by atoms with E-state index in [4.69, 9.17) is 0 Å². The predicted molar refractivity (Wildman–Crippen MR) is 90.4 cm³/mol. The Morgan fingerprint density at radius 3 is 1.85 bits per heavy atom. The highest BCUT2D eigenvalue weighted by Gasteiger charge is 2.27. The van der Waals surface area contributed by atoms with Crippen LogP contribution < -0.4 is 10.6 Å². The van der Waals surface area contributed by atoms with Crippen molar-refractivity contribution in [3.63, 3.8) is 0 Å². The molecular formula is C19H21P. The van der Waals surface area contributed by atoms with Crippen LogP contribution in [-0.2, 0) is 0 Å². The first-order valence-corrected chi connectivity index (χ1v) is 8.87. The summed E-state index contributed by atoms with van der Waals surface area (Å²) in [6.45, 7) is 2.30. The van der Waals surface area contributed by atoms with Crippen LogP contribution >= 0.6 is 7.92 Å². The summed E-state index contributed by atoms with van der Waals surface area (Å²) in [6, 6.07) is 22.1. The third kappa shape index (κ3) is 2.86. The molecule has 1 heteroatoms. The Kier molecular flexibility index (Phi) is 4.33.